The molecular formula is C10H12N6OS. The van der Waals surface area contributed by atoms with Crippen LogP contribution in [0.3, 0.4) is 0 Å². The molecule has 0 aliphatic rings. The molecular weight excluding hydrogens is 252 g/mol. The van der Waals surface area contributed by atoms with E-state index in [4.69, 9.17) is 5.84 Å². The third-order valence-corrected chi connectivity index (χ3v) is 3.18. The van der Waals surface area contributed by atoms with E-state index >= 15 is 0 Å². The molecule has 7 nitrogen and oxygen atoms in total. The number of hydrazine groups is 1. The maximum Gasteiger partial charge on any atom is 0.251 e. The summed E-state index contributed by atoms with van der Waals surface area (Å²) in [7, 11) is 0. The highest BCUT2D eigenvalue weighted by Crippen LogP contribution is 2.27. The van der Waals surface area contributed by atoms with Crippen molar-refractivity contribution in [2.75, 3.05) is 5.43 Å². The van der Waals surface area contributed by atoms with E-state index in [-0.39, 0.29) is 5.56 Å². The molecule has 0 atom stereocenters. The van der Waals surface area contributed by atoms with Crippen LogP contribution in [-0.2, 0) is 0 Å². The highest BCUT2D eigenvalue weighted by atomic mass is 32.2. The highest BCUT2D eigenvalue weighted by Gasteiger charge is 2.10. The summed E-state index contributed by atoms with van der Waals surface area (Å²) in [5.41, 5.74) is 3.12. The summed E-state index contributed by atoms with van der Waals surface area (Å²) in [5.74, 6) is 6.53. The molecule has 18 heavy (non-hydrogen) atoms. The Morgan fingerprint density at radius 3 is 2.83 bits per heavy atom. The zero-order valence-corrected chi connectivity index (χ0v) is 10.7. The molecule has 0 saturated heterocycles. The van der Waals surface area contributed by atoms with Gasteiger partial charge in [0.2, 0.25) is 0 Å². The van der Waals surface area contributed by atoms with Gasteiger partial charge in [-0.15, -0.1) is 0 Å². The smallest absolute Gasteiger partial charge is 0.251 e. The van der Waals surface area contributed by atoms with E-state index in [9.17, 15) is 4.79 Å². The molecule has 2 aromatic rings. The molecule has 0 aliphatic heterocycles. The van der Waals surface area contributed by atoms with Gasteiger partial charge in [-0.1, -0.05) is 0 Å². The third-order valence-electron chi connectivity index (χ3n) is 2.19. The second-order valence-electron chi connectivity index (χ2n) is 3.54. The van der Waals surface area contributed by atoms with Gasteiger partial charge in [0.15, 0.2) is 5.16 Å². The summed E-state index contributed by atoms with van der Waals surface area (Å²) in [4.78, 5) is 26.3. The lowest BCUT2D eigenvalue weighted by Gasteiger charge is -2.09. The van der Waals surface area contributed by atoms with E-state index < -0.39 is 0 Å². The van der Waals surface area contributed by atoms with Crippen LogP contribution < -0.4 is 16.8 Å². The molecule has 8 heteroatoms. The Labute approximate surface area is 107 Å². The van der Waals surface area contributed by atoms with Gasteiger partial charge in [-0.2, -0.15) is 0 Å². The highest BCUT2D eigenvalue weighted by molar-refractivity contribution is 7.99. The molecule has 2 rings (SSSR count). The van der Waals surface area contributed by atoms with E-state index in [1.54, 1.807) is 6.92 Å². The Hall–Kier alpha value is -1.93. The molecule has 94 valence electrons. The second-order valence-corrected chi connectivity index (χ2v) is 4.51. The van der Waals surface area contributed by atoms with Crippen molar-refractivity contribution in [3.63, 3.8) is 0 Å². The standard InChI is InChI=1S/C10H12N6OS/c1-5-8(16-11)13-6(2)14-9(5)18-10-12-4-3-7(17)15-10/h3-4H,11H2,1-2H3,(H,12,15,17)(H,13,14,16). The number of H-pyrrole nitrogens is 1. The summed E-state index contributed by atoms with van der Waals surface area (Å²) < 4.78 is 0. The molecule has 0 spiro atoms. The number of hydrogen-bond donors (Lipinski definition) is 3. The first-order chi connectivity index (χ1) is 8.60. The first-order valence-electron chi connectivity index (χ1n) is 5.15. The van der Waals surface area contributed by atoms with E-state index in [0.29, 0.717) is 21.8 Å². The molecule has 0 aromatic carbocycles. The monoisotopic (exact) mass is 264 g/mol. The van der Waals surface area contributed by atoms with Crippen molar-refractivity contribution in [1.29, 1.82) is 0 Å². The van der Waals surface area contributed by atoms with Crippen LogP contribution >= 0.6 is 11.8 Å². The SMILES string of the molecule is Cc1nc(NN)c(C)c(Sc2nccc(=O)[nH]2)n1. The Bertz CT molecular complexity index is 626. The quantitative estimate of drug-likeness (QED) is 0.322. The van der Waals surface area contributed by atoms with Gasteiger partial charge >= 0.3 is 0 Å². The van der Waals surface area contributed by atoms with Crippen LogP contribution in [0.5, 0.6) is 0 Å². The van der Waals surface area contributed by atoms with Gasteiger partial charge in [-0.3, -0.25) is 4.79 Å². The predicted octanol–water partition coefficient (Wildman–Crippen LogP) is 0.614. The molecule has 0 unspecified atom stereocenters. The lowest BCUT2D eigenvalue weighted by atomic mass is 10.3. The summed E-state index contributed by atoms with van der Waals surface area (Å²) in [6.45, 7) is 3.61. The number of nitrogens with one attached hydrogen (secondary N) is 2. The van der Waals surface area contributed by atoms with Crippen molar-refractivity contribution < 1.29 is 0 Å². The van der Waals surface area contributed by atoms with Gasteiger partial charge < -0.3 is 10.4 Å². The number of nitrogens with two attached hydrogens (primary N) is 1. The molecule has 0 fully saturated rings. The minimum absolute atomic E-state index is 0.201. The zero-order valence-electron chi connectivity index (χ0n) is 9.89. The number of rotatable bonds is 3. The maximum absolute atomic E-state index is 11.2. The van der Waals surface area contributed by atoms with Crippen LogP contribution in [0.2, 0.25) is 0 Å². The molecule has 2 heterocycles. The van der Waals surface area contributed by atoms with Gasteiger partial charge in [0.1, 0.15) is 16.7 Å². The van der Waals surface area contributed by atoms with Gasteiger partial charge in [-0.25, -0.2) is 20.8 Å². The molecule has 4 N–H and O–H groups in total. The van der Waals surface area contributed by atoms with Crippen molar-refractivity contribution >= 4 is 17.6 Å². The van der Waals surface area contributed by atoms with Crippen LogP contribution in [0, 0.1) is 13.8 Å². The number of aryl methyl sites for hydroxylation is 1. The van der Waals surface area contributed by atoms with E-state index in [0.717, 1.165) is 5.56 Å². The van der Waals surface area contributed by atoms with Crippen LogP contribution in [0.15, 0.2) is 27.2 Å². The van der Waals surface area contributed by atoms with Crippen LogP contribution in [0.1, 0.15) is 11.4 Å². The number of anilines is 1. The van der Waals surface area contributed by atoms with Crippen molar-refractivity contribution in [2.24, 2.45) is 5.84 Å². The Balaban J connectivity index is 2.40. The lowest BCUT2D eigenvalue weighted by Crippen LogP contribution is -2.12. The van der Waals surface area contributed by atoms with Crippen LogP contribution in [0.25, 0.3) is 0 Å². The minimum Gasteiger partial charge on any atom is -0.308 e. The lowest BCUT2D eigenvalue weighted by molar-refractivity contribution is 0.907. The number of aromatic nitrogens is 4. The number of nitrogens with zero attached hydrogens (tertiary/aromatic N) is 3. The van der Waals surface area contributed by atoms with Crippen molar-refractivity contribution in [1.82, 2.24) is 19.9 Å². The number of aromatic amines is 1. The van der Waals surface area contributed by atoms with Gasteiger partial charge in [0.25, 0.3) is 5.56 Å². The Morgan fingerprint density at radius 1 is 1.39 bits per heavy atom. The molecule has 0 radical (unpaired) electrons. The average molecular weight is 264 g/mol. The fourth-order valence-corrected chi connectivity index (χ4v) is 2.21. The third kappa shape index (κ3) is 2.66. The molecule has 0 aliphatic carbocycles. The van der Waals surface area contributed by atoms with Crippen LogP contribution in [-0.4, -0.2) is 19.9 Å². The molecule has 2 aromatic heterocycles. The largest absolute Gasteiger partial charge is 0.308 e. The second kappa shape index (κ2) is 5.15. The number of hydrogen-bond acceptors (Lipinski definition) is 7. The number of nitrogen functional groups attached to an aromatic ring is 1. The van der Waals surface area contributed by atoms with Gasteiger partial charge in [-0.05, 0) is 25.6 Å². The summed E-state index contributed by atoms with van der Waals surface area (Å²) in [5, 5.41) is 1.18. The fraction of sp³-hybridized carbons (Fsp3) is 0.200. The van der Waals surface area contributed by atoms with E-state index in [2.05, 4.69) is 25.4 Å². The topological polar surface area (TPSA) is 110 Å². The van der Waals surface area contributed by atoms with Gasteiger partial charge in [0.05, 0.1) is 0 Å². The van der Waals surface area contributed by atoms with E-state index in [1.165, 1.54) is 24.0 Å². The first-order valence-corrected chi connectivity index (χ1v) is 5.97. The summed E-state index contributed by atoms with van der Waals surface area (Å²) in [6.07, 6.45) is 1.45. The normalized spacial score (nSPS) is 10.4. The average Bonchev–Trinajstić information content (AvgIpc) is 2.33. The van der Waals surface area contributed by atoms with Crippen LogP contribution in [0.4, 0.5) is 5.82 Å². The fourth-order valence-electron chi connectivity index (χ4n) is 1.34. The minimum atomic E-state index is -0.201. The van der Waals surface area contributed by atoms with Crippen molar-refractivity contribution in [2.45, 2.75) is 24.0 Å². The molecule has 0 amide bonds. The summed E-state index contributed by atoms with van der Waals surface area (Å²) >= 11 is 1.26. The van der Waals surface area contributed by atoms with E-state index in [1.807, 2.05) is 6.92 Å². The summed E-state index contributed by atoms with van der Waals surface area (Å²) in [6, 6.07) is 1.36. The Morgan fingerprint density at radius 2 is 2.17 bits per heavy atom. The maximum atomic E-state index is 11.2. The van der Waals surface area contributed by atoms with Gasteiger partial charge in [0, 0.05) is 17.8 Å². The first kappa shape index (κ1) is 12.5. The predicted molar refractivity (Wildman–Crippen MR) is 68.3 cm³/mol. The molecule has 0 saturated carbocycles. The van der Waals surface area contributed by atoms with Crippen molar-refractivity contribution in [3.05, 3.63) is 34.0 Å². The Kier molecular flexibility index (Phi) is 3.58. The van der Waals surface area contributed by atoms with Crippen molar-refractivity contribution in [3.8, 4) is 0 Å². The zero-order chi connectivity index (χ0) is 13.1. The molecule has 0 bridgehead atoms.